The predicted molar refractivity (Wildman–Crippen MR) is 87.4 cm³/mol. The molecule has 1 fully saturated rings. The molecule has 0 aromatic heterocycles. The van der Waals surface area contributed by atoms with E-state index in [9.17, 15) is 15.0 Å². The van der Waals surface area contributed by atoms with Crippen molar-refractivity contribution in [2.45, 2.75) is 32.4 Å². The van der Waals surface area contributed by atoms with Gasteiger partial charge < -0.3 is 20.3 Å². The van der Waals surface area contributed by atoms with Crippen molar-refractivity contribution < 1.29 is 19.7 Å². The second-order valence-electron chi connectivity index (χ2n) is 6.66. The molecule has 3 N–H and O–H groups in total. The molecule has 6 nitrogen and oxygen atoms in total. The molecule has 0 bridgehead atoms. The molecule has 1 heterocycles. The molecule has 6 heteroatoms. The zero-order valence-electron chi connectivity index (χ0n) is 14.0. The summed E-state index contributed by atoms with van der Waals surface area (Å²) in [6.07, 6.45) is 0.993. The number of carbonyl (C=O) groups is 1. The first kappa shape index (κ1) is 17.6. The molecule has 0 saturated carbocycles. The molecule has 1 aromatic carbocycles. The van der Waals surface area contributed by atoms with E-state index in [4.69, 9.17) is 4.74 Å². The van der Waals surface area contributed by atoms with Crippen LogP contribution in [-0.4, -0.2) is 53.4 Å². The van der Waals surface area contributed by atoms with E-state index in [2.05, 4.69) is 10.2 Å². The molecule has 1 aromatic rings. The van der Waals surface area contributed by atoms with Gasteiger partial charge in [-0.15, -0.1) is 0 Å². The first-order chi connectivity index (χ1) is 10.8. The molecule has 1 aliphatic heterocycles. The van der Waals surface area contributed by atoms with Crippen LogP contribution < -0.4 is 10.1 Å². The van der Waals surface area contributed by atoms with Crippen LogP contribution in [0.5, 0.6) is 11.5 Å². The number of phenols is 1. The zero-order chi connectivity index (χ0) is 17.0. The zero-order valence-corrected chi connectivity index (χ0v) is 14.0. The molecular weight excluding hydrogens is 296 g/mol. The highest BCUT2D eigenvalue weighted by Crippen LogP contribution is 2.27. The number of likely N-dealkylation sites (tertiary alicyclic amines) is 1. The number of aromatic hydroxyl groups is 1. The monoisotopic (exact) mass is 322 g/mol. The summed E-state index contributed by atoms with van der Waals surface area (Å²) in [5.74, 6) is 1.02. The van der Waals surface area contributed by atoms with Gasteiger partial charge in [0.15, 0.2) is 0 Å². The highest BCUT2D eigenvalue weighted by atomic mass is 16.5. The van der Waals surface area contributed by atoms with Gasteiger partial charge >= 0.3 is 0 Å². The lowest BCUT2D eigenvalue weighted by molar-refractivity contribution is -0.136. The van der Waals surface area contributed by atoms with Crippen molar-refractivity contribution in [2.75, 3.05) is 26.7 Å². The maximum absolute atomic E-state index is 11.7. The summed E-state index contributed by atoms with van der Waals surface area (Å²) < 4.78 is 5.33. The minimum Gasteiger partial charge on any atom is -0.508 e. The number of aliphatic hydroxyl groups is 1. The van der Waals surface area contributed by atoms with Crippen molar-refractivity contribution in [3.05, 3.63) is 23.8 Å². The fourth-order valence-corrected chi connectivity index (χ4v) is 2.81. The van der Waals surface area contributed by atoms with Crippen LogP contribution in [0, 0.1) is 5.92 Å². The lowest BCUT2D eigenvalue weighted by Gasteiger charge is -2.20. The second kappa shape index (κ2) is 7.19. The summed E-state index contributed by atoms with van der Waals surface area (Å²) in [4.78, 5) is 14.0. The molecule has 0 unspecified atom stereocenters. The van der Waals surface area contributed by atoms with Gasteiger partial charge in [-0.2, -0.15) is 0 Å². The van der Waals surface area contributed by atoms with Crippen LogP contribution >= 0.6 is 0 Å². The highest BCUT2D eigenvalue weighted by Gasteiger charge is 2.27. The molecule has 1 aliphatic rings. The summed E-state index contributed by atoms with van der Waals surface area (Å²) >= 11 is 0. The first-order valence-electron chi connectivity index (χ1n) is 7.88. The maximum atomic E-state index is 11.7. The molecule has 1 amide bonds. The van der Waals surface area contributed by atoms with Crippen LogP contribution in [0.3, 0.4) is 0 Å². The Morgan fingerprint density at radius 2 is 2.22 bits per heavy atom. The van der Waals surface area contributed by atoms with Crippen LogP contribution in [0.25, 0.3) is 0 Å². The standard InChI is InChI=1S/C17H26N2O4/c1-17(2,22)16(21)18-9-12-6-7-19(10-12)11-13-8-14(20)4-5-15(13)23-3/h4-5,8,12,20,22H,6-7,9-11H2,1-3H3,(H,18,21)/t12-/m1/s1. The number of benzene rings is 1. The van der Waals surface area contributed by atoms with Crippen molar-refractivity contribution in [1.82, 2.24) is 10.2 Å². The van der Waals surface area contributed by atoms with E-state index >= 15 is 0 Å². The minimum atomic E-state index is -1.34. The average Bonchev–Trinajstić information content (AvgIpc) is 2.91. The van der Waals surface area contributed by atoms with Crippen molar-refractivity contribution in [3.8, 4) is 11.5 Å². The van der Waals surface area contributed by atoms with Gasteiger partial charge in [0.1, 0.15) is 17.1 Å². The quantitative estimate of drug-likeness (QED) is 0.731. The predicted octanol–water partition coefficient (Wildman–Crippen LogP) is 1.11. The summed E-state index contributed by atoms with van der Waals surface area (Å²) in [5, 5.41) is 22.1. The Labute approximate surface area is 137 Å². The first-order valence-corrected chi connectivity index (χ1v) is 7.88. The van der Waals surface area contributed by atoms with E-state index in [1.54, 1.807) is 25.3 Å². The number of hydrogen-bond acceptors (Lipinski definition) is 5. The number of nitrogens with one attached hydrogen (secondary N) is 1. The van der Waals surface area contributed by atoms with E-state index in [0.717, 1.165) is 30.8 Å². The molecule has 0 spiro atoms. The second-order valence-corrected chi connectivity index (χ2v) is 6.66. The van der Waals surface area contributed by atoms with Gasteiger partial charge in [-0.25, -0.2) is 0 Å². The van der Waals surface area contributed by atoms with Gasteiger partial charge in [0.2, 0.25) is 0 Å². The SMILES string of the molecule is COc1ccc(O)cc1CN1CC[C@H](CNC(=O)C(C)(C)O)C1. The molecule has 0 aliphatic carbocycles. The Bertz CT molecular complexity index is 554. The minimum absolute atomic E-state index is 0.231. The maximum Gasteiger partial charge on any atom is 0.251 e. The van der Waals surface area contributed by atoms with Crippen molar-refractivity contribution in [3.63, 3.8) is 0 Å². The van der Waals surface area contributed by atoms with Gasteiger partial charge in [-0.05, 0) is 50.9 Å². The van der Waals surface area contributed by atoms with E-state index in [1.165, 1.54) is 13.8 Å². The number of phenolic OH excluding ortho intramolecular Hbond substituents is 1. The molecule has 1 atom stereocenters. The van der Waals surface area contributed by atoms with Gasteiger partial charge in [-0.3, -0.25) is 9.69 Å². The summed E-state index contributed by atoms with van der Waals surface area (Å²) in [6.45, 7) is 6.03. The van der Waals surface area contributed by atoms with Crippen LogP contribution in [0.4, 0.5) is 0 Å². The van der Waals surface area contributed by atoms with E-state index in [0.29, 0.717) is 19.0 Å². The van der Waals surface area contributed by atoms with Gasteiger partial charge in [0.25, 0.3) is 5.91 Å². The van der Waals surface area contributed by atoms with Crippen LogP contribution in [0.1, 0.15) is 25.8 Å². The van der Waals surface area contributed by atoms with Crippen LogP contribution in [0.2, 0.25) is 0 Å². The number of rotatable bonds is 6. The third kappa shape index (κ3) is 4.84. The molecule has 2 rings (SSSR count). The Morgan fingerprint density at radius 1 is 1.48 bits per heavy atom. The lowest BCUT2D eigenvalue weighted by atomic mass is 10.1. The number of methoxy groups -OCH3 is 1. The van der Waals surface area contributed by atoms with Gasteiger partial charge in [0, 0.05) is 25.2 Å². The molecule has 23 heavy (non-hydrogen) atoms. The van der Waals surface area contributed by atoms with Crippen LogP contribution in [-0.2, 0) is 11.3 Å². The normalized spacial score (nSPS) is 18.9. The number of carbonyl (C=O) groups excluding carboxylic acids is 1. The third-order valence-electron chi connectivity index (χ3n) is 4.13. The summed E-state index contributed by atoms with van der Waals surface area (Å²) in [6, 6.07) is 5.10. The van der Waals surface area contributed by atoms with Gasteiger partial charge in [-0.1, -0.05) is 0 Å². The molecule has 0 radical (unpaired) electrons. The van der Waals surface area contributed by atoms with Crippen molar-refractivity contribution in [2.24, 2.45) is 5.92 Å². The number of ether oxygens (including phenoxy) is 1. The summed E-state index contributed by atoms with van der Waals surface area (Å²) in [7, 11) is 1.62. The molecular formula is C17H26N2O4. The highest BCUT2D eigenvalue weighted by molar-refractivity contribution is 5.83. The smallest absolute Gasteiger partial charge is 0.251 e. The largest absolute Gasteiger partial charge is 0.508 e. The Hall–Kier alpha value is -1.79. The van der Waals surface area contributed by atoms with Crippen LogP contribution in [0.15, 0.2) is 18.2 Å². The number of nitrogens with zero attached hydrogens (tertiary/aromatic N) is 1. The fourth-order valence-electron chi connectivity index (χ4n) is 2.81. The molecule has 128 valence electrons. The van der Waals surface area contributed by atoms with E-state index in [1.807, 2.05) is 0 Å². The fraction of sp³-hybridized carbons (Fsp3) is 0.588. The van der Waals surface area contributed by atoms with E-state index < -0.39 is 5.60 Å². The molecule has 1 saturated heterocycles. The van der Waals surface area contributed by atoms with Crippen molar-refractivity contribution in [1.29, 1.82) is 0 Å². The number of hydrogen-bond donors (Lipinski definition) is 3. The average molecular weight is 322 g/mol. The Morgan fingerprint density at radius 3 is 2.87 bits per heavy atom. The van der Waals surface area contributed by atoms with Gasteiger partial charge in [0.05, 0.1) is 7.11 Å². The Balaban J connectivity index is 1.86. The topological polar surface area (TPSA) is 82.0 Å². The lowest BCUT2D eigenvalue weighted by Crippen LogP contribution is -2.44. The summed E-state index contributed by atoms with van der Waals surface area (Å²) in [5.41, 5.74) is -0.388. The van der Waals surface area contributed by atoms with E-state index in [-0.39, 0.29) is 11.7 Å². The van der Waals surface area contributed by atoms with Crippen molar-refractivity contribution >= 4 is 5.91 Å². The Kier molecular flexibility index (Phi) is 5.49. The number of amides is 1. The third-order valence-corrected chi connectivity index (χ3v) is 4.13.